The van der Waals surface area contributed by atoms with E-state index in [1.807, 2.05) is 45.2 Å². The van der Waals surface area contributed by atoms with E-state index in [0.717, 1.165) is 28.2 Å². The van der Waals surface area contributed by atoms with Crippen molar-refractivity contribution in [2.75, 3.05) is 25.8 Å². The average molecular weight is 311 g/mol. The number of anilines is 1. The minimum absolute atomic E-state index is 0.185. The second kappa shape index (κ2) is 8.16. The average Bonchev–Trinajstić information content (AvgIpc) is 2.56. The summed E-state index contributed by atoms with van der Waals surface area (Å²) in [5, 5.41) is 11.4. The van der Waals surface area contributed by atoms with E-state index in [1.54, 1.807) is 0 Å². The van der Waals surface area contributed by atoms with Crippen molar-refractivity contribution in [3.63, 3.8) is 0 Å². The Morgan fingerprint density at radius 2 is 2.09 bits per heavy atom. The largest absolute Gasteiger partial charge is 0.467 e. The smallest absolute Gasteiger partial charge is 0.189 e. The molecule has 2 rings (SSSR count). The Labute approximate surface area is 137 Å². The maximum atomic E-state index is 5.76. The first kappa shape index (κ1) is 16.8. The van der Waals surface area contributed by atoms with Gasteiger partial charge in [-0.25, -0.2) is 0 Å². The SMILES string of the molecule is C#CCc1ccc(-c2nnc(NC)cc2C)c(OCOCC)c1. The fourth-order valence-electron chi connectivity index (χ4n) is 2.17. The van der Waals surface area contributed by atoms with Crippen LogP contribution in [0.4, 0.5) is 5.82 Å². The number of nitrogens with one attached hydrogen (secondary N) is 1. The van der Waals surface area contributed by atoms with Crippen LogP contribution in [0.2, 0.25) is 0 Å². The standard InChI is InChI=1S/C18H21N3O2/c1-5-7-14-8-9-15(16(11-14)23-12-22-6-2)18-13(3)10-17(19-4)20-21-18/h1,8-11H,6-7,12H2,2-4H3,(H,19,20). The van der Waals surface area contributed by atoms with Gasteiger partial charge in [-0.05, 0) is 43.2 Å². The summed E-state index contributed by atoms with van der Waals surface area (Å²) in [5.74, 6) is 4.07. The van der Waals surface area contributed by atoms with E-state index in [0.29, 0.717) is 18.8 Å². The van der Waals surface area contributed by atoms with Crippen molar-refractivity contribution in [3.8, 4) is 29.4 Å². The van der Waals surface area contributed by atoms with Crippen molar-refractivity contribution >= 4 is 5.82 Å². The number of hydrogen-bond donors (Lipinski definition) is 1. The Hall–Kier alpha value is -2.58. The summed E-state index contributed by atoms with van der Waals surface area (Å²) >= 11 is 0. The molecule has 23 heavy (non-hydrogen) atoms. The Morgan fingerprint density at radius 1 is 1.26 bits per heavy atom. The van der Waals surface area contributed by atoms with E-state index >= 15 is 0 Å². The first-order valence-corrected chi connectivity index (χ1v) is 7.49. The minimum atomic E-state index is 0.185. The maximum absolute atomic E-state index is 5.76. The van der Waals surface area contributed by atoms with Crippen molar-refractivity contribution in [2.24, 2.45) is 0 Å². The molecule has 0 unspecified atom stereocenters. The molecule has 0 aliphatic heterocycles. The molecule has 120 valence electrons. The van der Waals surface area contributed by atoms with Crippen LogP contribution in [-0.2, 0) is 11.2 Å². The summed E-state index contributed by atoms with van der Waals surface area (Å²) in [6.07, 6.45) is 5.94. The van der Waals surface area contributed by atoms with Gasteiger partial charge in [-0.3, -0.25) is 0 Å². The van der Waals surface area contributed by atoms with E-state index in [2.05, 4.69) is 21.4 Å². The number of benzene rings is 1. The molecular weight excluding hydrogens is 290 g/mol. The molecule has 5 heteroatoms. The highest BCUT2D eigenvalue weighted by molar-refractivity contribution is 5.71. The summed E-state index contributed by atoms with van der Waals surface area (Å²) in [6.45, 7) is 4.69. The van der Waals surface area contributed by atoms with Gasteiger partial charge in [0, 0.05) is 25.6 Å². The van der Waals surface area contributed by atoms with Crippen LogP contribution < -0.4 is 10.1 Å². The van der Waals surface area contributed by atoms with Crippen molar-refractivity contribution in [1.82, 2.24) is 10.2 Å². The zero-order valence-corrected chi connectivity index (χ0v) is 13.7. The van der Waals surface area contributed by atoms with Gasteiger partial charge in [0.25, 0.3) is 0 Å². The van der Waals surface area contributed by atoms with Gasteiger partial charge in [0.1, 0.15) is 11.6 Å². The monoisotopic (exact) mass is 311 g/mol. The van der Waals surface area contributed by atoms with Gasteiger partial charge < -0.3 is 14.8 Å². The van der Waals surface area contributed by atoms with E-state index in [1.165, 1.54) is 0 Å². The number of terminal acetylenes is 1. The fraction of sp³-hybridized carbons (Fsp3) is 0.333. The highest BCUT2D eigenvalue weighted by Crippen LogP contribution is 2.32. The van der Waals surface area contributed by atoms with E-state index < -0.39 is 0 Å². The molecule has 0 amide bonds. The molecule has 0 saturated carbocycles. The molecule has 0 fully saturated rings. The lowest BCUT2D eigenvalue weighted by atomic mass is 10.0. The molecule has 0 aliphatic carbocycles. The van der Waals surface area contributed by atoms with Gasteiger partial charge in [0.2, 0.25) is 0 Å². The van der Waals surface area contributed by atoms with Crippen molar-refractivity contribution in [3.05, 3.63) is 35.4 Å². The highest BCUT2D eigenvalue weighted by atomic mass is 16.7. The molecule has 0 aliphatic rings. The van der Waals surface area contributed by atoms with Gasteiger partial charge in [0.05, 0.1) is 5.69 Å². The van der Waals surface area contributed by atoms with Crippen LogP contribution in [-0.4, -0.2) is 30.6 Å². The van der Waals surface area contributed by atoms with Gasteiger partial charge in [-0.15, -0.1) is 22.5 Å². The number of nitrogens with zero attached hydrogens (tertiary/aromatic N) is 2. The molecule has 0 saturated heterocycles. The van der Waals surface area contributed by atoms with E-state index in [4.69, 9.17) is 15.9 Å². The van der Waals surface area contributed by atoms with Crippen LogP contribution >= 0.6 is 0 Å². The molecule has 1 aromatic heterocycles. The van der Waals surface area contributed by atoms with Crippen LogP contribution in [0.3, 0.4) is 0 Å². The Balaban J connectivity index is 2.41. The summed E-state index contributed by atoms with van der Waals surface area (Å²) in [6, 6.07) is 7.82. The first-order valence-electron chi connectivity index (χ1n) is 7.49. The van der Waals surface area contributed by atoms with Crippen LogP contribution in [0.15, 0.2) is 24.3 Å². The normalized spacial score (nSPS) is 10.2. The molecule has 5 nitrogen and oxygen atoms in total. The lowest BCUT2D eigenvalue weighted by Crippen LogP contribution is -2.05. The van der Waals surface area contributed by atoms with Gasteiger partial charge >= 0.3 is 0 Å². The molecule has 0 bridgehead atoms. The summed E-state index contributed by atoms with van der Waals surface area (Å²) in [4.78, 5) is 0. The Bertz CT molecular complexity index is 708. The summed E-state index contributed by atoms with van der Waals surface area (Å²) < 4.78 is 11.0. The maximum Gasteiger partial charge on any atom is 0.189 e. The molecule has 2 aromatic rings. The van der Waals surface area contributed by atoms with Crippen LogP contribution in [0.5, 0.6) is 5.75 Å². The number of aryl methyl sites for hydroxylation is 1. The molecule has 0 spiro atoms. The second-order valence-corrected chi connectivity index (χ2v) is 4.98. The third kappa shape index (κ3) is 4.21. The fourth-order valence-corrected chi connectivity index (χ4v) is 2.17. The molecule has 0 atom stereocenters. The molecule has 1 heterocycles. The predicted octanol–water partition coefficient (Wildman–Crippen LogP) is 3.04. The number of hydrogen-bond acceptors (Lipinski definition) is 5. The van der Waals surface area contributed by atoms with Gasteiger partial charge in [0.15, 0.2) is 6.79 Å². The Morgan fingerprint density at radius 3 is 2.74 bits per heavy atom. The van der Waals surface area contributed by atoms with Crippen molar-refractivity contribution < 1.29 is 9.47 Å². The molecular formula is C18H21N3O2. The summed E-state index contributed by atoms with van der Waals surface area (Å²) in [5.41, 5.74) is 3.68. The van der Waals surface area contributed by atoms with Crippen LogP contribution in [0, 0.1) is 19.3 Å². The van der Waals surface area contributed by atoms with Gasteiger partial charge in [-0.1, -0.05) is 6.07 Å². The quantitative estimate of drug-likeness (QED) is 0.484. The topological polar surface area (TPSA) is 56.3 Å². The molecule has 0 radical (unpaired) electrons. The first-order chi connectivity index (χ1) is 11.2. The predicted molar refractivity (Wildman–Crippen MR) is 91.4 cm³/mol. The van der Waals surface area contributed by atoms with Crippen LogP contribution in [0.25, 0.3) is 11.3 Å². The van der Waals surface area contributed by atoms with Crippen molar-refractivity contribution in [2.45, 2.75) is 20.3 Å². The van der Waals surface area contributed by atoms with E-state index in [-0.39, 0.29) is 6.79 Å². The molecule has 1 aromatic carbocycles. The minimum Gasteiger partial charge on any atom is -0.467 e. The Kier molecular flexibility index (Phi) is 5.95. The number of aromatic nitrogens is 2. The van der Waals surface area contributed by atoms with Gasteiger partial charge in [-0.2, -0.15) is 0 Å². The number of ether oxygens (including phenoxy) is 2. The lowest BCUT2D eigenvalue weighted by Gasteiger charge is -2.14. The highest BCUT2D eigenvalue weighted by Gasteiger charge is 2.13. The second-order valence-electron chi connectivity index (χ2n) is 4.98. The van der Waals surface area contributed by atoms with Crippen molar-refractivity contribution in [1.29, 1.82) is 0 Å². The van der Waals surface area contributed by atoms with Crippen LogP contribution in [0.1, 0.15) is 18.1 Å². The third-order valence-corrected chi connectivity index (χ3v) is 3.35. The third-order valence-electron chi connectivity index (χ3n) is 3.35. The lowest BCUT2D eigenvalue weighted by molar-refractivity contribution is 0.0227. The zero-order chi connectivity index (χ0) is 16.7. The molecule has 1 N–H and O–H groups in total. The summed E-state index contributed by atoms with van der Waals surface area (Å²) in [7, 11) is 1.81. The van der Waals surface area contributed by atoms with E-state index in [9.17, 15) is 0 Å². The zero-order valence-electron chi connectivity index (χ0n) is 13.7. The number of rotatable bonds is 7.